The van der Waals surface area contributed by atoms with Gasteiger partial charge in [-0.15, -0.1) is 10.2 Å². The monoisotopic (exact) mass is 384 g/mol. The van der Waals surface area contributed by atoms with Crippen LogP contribution < -0.4 is 0 Å². The highest BCUT2D eigenvalue weighted by Gasteiger charge is 2.26. The minimum atomic E-state index is -0.125. The first kappa shape index (κ1) is 17.3. The number of aromatic nitrogens is 2. The second kappa shape index (κ2) is 8.04. The molecule has 0 spiro atoms. The van der Waals surface area contributed by atoms with Gasteiger partial charge in [0.05, 0.1) is 12.0 Å². The molecule has 1 fully saturated rings. The third-order valence-electron chi connectivity index (χ3n) is 3.53. The van der Waals surface area contributed by atoms with Crippen molar-refractivity contribution in [1.29, 1.82) is 0 Å². The highest BCUT2D eigenvalue weighted by molar-refractivity contribution is 8.03. The van der Waals surface area contributed by atoms with Crippen molar-refractivity contribution in [2.45, 2.75) is 8.68 Å². The fourth-order valence-electron chi connectivity index (χ4n) is 2.27. The van der Waals surface area contributed by atoms with Crippen molar-refractivity contribution < 1.29 is 14.0 Å². The van der Waals surface area contributed by atoms with Gasteiger partial charge in [-0.1, -0.05) is 34.9 Å². The maximum Gasteiger partial charge on any atom is 0.289 e. The fourth-order valence-corrected chi connectivity index (χ4v) is 4.61. The van der Waals surface area contributed by atoms with E-state index in [4.69, 9.17) is 4.42 Å². The zero-order chi connectivity index (χ0) is 16.9. The molecule has 24 heavy (non-hydrogen) atoms. The molecule has 0 unspecified atom stereocenters. The molecular formula is C14H16N4O3S3. The van der Waals surface area contributed by atoms with Gasteiger partial charge in [0.25, 0.3) is 5.91 Å². The number of nitrogens with zero attached hydrogens (tertiary/aromatic N) is 4. The maximum atomic E-state index is 12.3. The van der Waals surface area contributed by atoms with Crippen molar-refractivity contribution >= 4 is 46.7 Å². The molecule has 0 bridgehead atoms. The fraction of sp³-hybridized carbons (Fsp3) is 0.429. The summed E-state index contributed by atoms with van der Waals surface area (Å²) in [6.45, 7) is 2.12. The molecule has 3 heterocycles. The average Bonchev–Trinajstić information content (AvgIpc) is 3.30. The second-order valence-electron chi connectivity index (χ2n) is 4.98. The third-order valence-corrected chi connectivity index (χ3v) is 6.55. The van der Waals surface area contributed by atoms with Gasteiger partial charge in [0, 0.05) is 26.2 Å². The molecule has 0 atom stereocenters. The van der Waals surface area contributed by atoms with Crippen LogP contribution in [0.25, 0.3) is 0 Å². The Balaban J connectivity index is 1.45. The lowest BCUT2D eigenvalue weighted by Gasteiger charge is -2.34. The van der Waals surface area contributed by atoms with Gasteiger partial charge in [-0.2, -0.15) is 0 Å². The van der Waals surface area contributed by atoms with Gasteiger partial charge in [0.1, 0.15) is 0 Å². The lowest BCUT2D eigenvalue weighted by Crippen LogP contribution is -2.51. The zero-order valence-corrected chi connectivity index (χ0v) is 15.5. The summed E-state index contributed by atoms with van der Waals surface area (Å²) in [5, 5.41) is 8.06. The van der Waals surface area contributed by atoms with Crippen LogP contribution >= 0.6 is 34.9 Å². The van der Waals surface area contributed by atoms with E-state index < -0.39 is 0 Å². The lowest BCUT2D eigenvalue weighted by molar-refractivity contribution is -0.129. The van der Waals surface area contributed by atoms with E-state index in [1.165, 1.54) is 29.4 Å². The van der Waals surface area contributed by atoms with E-state index in [0.29, 0.717) is 37.7 Å². The number of piperazine rings is 1. The molecule has 2 aromatic heterocycles. The van der Waals surface area contributed by atoms with Crippen LogP contribution in [-0.4, -0.2) is 70.0 Å². The molecule has 3 rings (SSSR count). The van der Waals surface area contributed by atoms with E-state index in [2.05, 4.69) is 10.2 Å². The Kier molecular flexibility index (Phi) is 5.80. The molecule has 0 radical (unpaired) electrons. The first-order valence-corrected chi connectivity index (χ1v) is 10.3. The van der Waals surface area contributed by atoms with E-state index >= 15 is 0 Å². The molecule has 10 heteroatoms. The average molecular weight is 385 g/mol. The van der Waals surface area contributed by atoms with Gasteiger partial charge in [-0.05, 0) is 18.4 Å². The molecule has 0 N–H and O–H groups in total. The van der Waals surface area contributed by atoms with E-state index in [1.807, 2.05) is 6.26 Å². The first-order valence-electron chi connectivity index (χ1n) is 7.28. The number of thioether (sulfide) groups is 2. The molecule has 2 aromatic rings. The first-order chi connectivity index (χ1) is 11.7. The van der Waals surface area contributed by atoms with Crippen molar-refractivity contribution in [3.05, 3.63) is 24.2 Å². The molecule has 1 aliphatic rings. The summed E-state index contributed by atoms with van der Waals surface area (Å²) >= 11 is 4.45. The molecular weight excluding hydrogens is 368 g/mol. The van der Waals surface area contributed by atoms with Gasteiger partial charge in [-0.25, -0.2) is 0 Å². The summed E-state index contributed by atoms with van der Waals surface area (Å²) in [5.74, 6) is 0.618. The number of carbonyl (C=O) groups excluding carboxylic acids is 2. The van der Waals surface area contributed by atoms with Crippen LogP contribution in [0.15, 0.2) is 31.5 Å². The van der Waals surface area contributed by atoms with Gasteiger partial charge in [0.2, 0.25) is 5.91 Å². The normalized spacial score (nSPS) is 14.9. The Labute approximate surface area is 151 Å². The van der Waals surface area contributed by atoms with Gasteiger partial charge in [0.15, 0.2) is 14.4 Å². The van der Waals surface area contributed by atoms with Crippen molar-refractivity contribution in [2.24, 2.45) is 0 Å². The smallest absolute Gasteiger partial charge is 0.289 e. The lowest BCUT2D eigenvalue weighted by atomic mass is 10.3. The quantitative estimate of drug-likeness (QED) is 0.729. The molecule has 0 aliphatic carbocycles. The maximum absolute atomic E-state index is 12.3. The number of furan rings is 1. The Morgan fingerprint density at radius 2 is 1.92 bits per heavy atom. The number of hydrogen-bond acceptors (Lipinski definition) is 8. The summed E-state index contributed by atoms with van der Waals surface area (Å²) in [4.78, 5) is 28.0. The number of carbonyl (C=O) groups is 2. The van der Waals surface area contributed by atoms with Crippen molar-refractivity contribution in [3.63, 3.8) is 0 Å². The van der Waals surface area contributed by atoms with Gasteiger partial charge >= 0.3 is 0 Å². The van der Waals surface area contributed by atoms with Gasteiger partial charge < -0.3 is 14.2 Å². The Morgan fingerprint density at radius 1 is 1.21 bits per heavy atom. The van der Waals surface area contributed by atoms with Crippen molar-refractivity contribution in [1.82, 2.24) is 20.0 Å². The Hall–Kier alpha value is -1.52. The Morgan fingerprint density at radius 3 is 2.54 bits per heavy atom. The molecule has 128 valence electrons. The summed E-state index contributed by atoms with van der Waals surface area (Å²) in [6.07, 6.45) is 3.43. The Bertz CT molecular complexity index is 696. The van der Waals surface area contributed by atoms with E-state index in [9.17, 15) is 9.59 Å². The van der Waals surface area contributed by atoms with Crippen molar-refractivity contribution in [3.8, 4) is 0 Å². The summed E-state index contributed by atoms with van der Waals surface area (Å²) in [7, 11) is 0. The van der Waals surface area contributed by atoms with Crippen LogP contribution in [0.5, 0.6) is 0 Å². The summed E-state index contributed by atoms with van der Waals surface area (Å²) in [5.41, 5.74) is 0. The third kappa shape index (κ3) is 4.11. The van der Waals surface area contributed by atoms with Crippen LogP contribution in [0.2, 0.25) is 0 Å². The van der Waals surface area contributed by atoms with Crippen LogP contribution in [0.3, 0.4) is 0 Å². The van der Waals surface area contributed by atoms with Crippen LogP contribution in [-0.2, 0) is 4.79 Å². The predicted octanol–water partition coefficient (Wildman–Crippen LogP) is 1.93. The van der Waals surface area contributed by atoms with E-state index in [0.717, 1.165) is 8.68 Å². The molecule has 1 aliphatic heterocycles. The molecule has 2 amide bonds. The SMILES string of the molecule is CSc1nnc(SCC(=O)N2CCN(C(=O)c3ccco3)CC2)s1. The summed E-state index contributed by atoms with van der Waals surface area (Å²) < 4.78 is 6.84. The van der Waals surface area contributed by atoms with E-state index in [-0.39, 0.29) is 11.8 Å². The summed E-state index contributed by atoms with van der Waals surface area (Å²) in [6, 6.07) is 3.35. The van der Waals surface area contributed by atoms with Crippen LogP contribution in [0.1, 0.15) is 10.6 Å². The minimum Gasteiger partial charge on any atom is -0.459 e. The predicted molar refractivity (Wildman–Crippen MR) is 93.6 cm³/mol. The second-order valence-corrected chi connectivity index (χ2v) is 8.23. The molecule has 0 aromatic carbocycles. The zero-order valence-electron chi connectivity index (χ0n) is 13.0. The van der Waals surface area contributed by atoms with Crippen molar-refractivity contribution in [2.75, 3.05) is 38.2 Å². The number of hydrogen-bond donors (Lipinski definition) is 0. The van der Waals surface area contributed by atoms with Gasteiger partial charge in [-0.3, -0.25) is 9.59 Å². The molecule has 7 nitrogen and oxygen atoms in total. The highest BCUT2D eigenvalue weighted by atomic mass is 32.2. The van der Waals surface area contributed by atoms with Crippen LogP contribution in [0.4, 0.5) is 0 Å². The molecule has 0 saturated carbocycles. The van der Waals surface area contributed by atoms with E-state index in [1.54, 1.807) is 33.7 Å². The minimum absolute atomic E-state index is 0.0611. The molecule has 1 saturated heterocycles. The topological polar surface area (TPSA) is 79.5 Å². The standard InChI is InChI=1S/C14H16N4O3S3/c1-22-13-15-16-14(24-13)23-9-11(19)17-4-6-18(7-5-17)12(20)10-3-2-8-21-10/h2-3,8H,4-7,9H2,1H3. The number of rotatable bonds is 5. The highest BCUT2D eigenvalue weighted by Crippen LogP contribution is 2.27. The number of amides is 2. The van der Waals surface area contributed by atoms with Crippen LogP contribution in [0, 0.1) is 0 Å². The largest absolute Gasteiger partial charge is 0.459 e.